The van der Waals surface area contributed by atoms with Crippen LogP contribution in [0.1, 0.15) is 54.7 Å². The minimum absolute atomic E-state index is 0.0188. The highest BCUT2D eigenvalue weighted by molar-refractivity contribution is 7.16. The van der Waals surface area contributed by atoms with Gasteiger partial charge in [0.15, 0.2) is 5.82 Å². The molecule has 1 saturated heterocycles. The molecule has 6 nitrogen and oxygen atoms in total. The van der Waals surface area contributed by atoms with E-state index in [-0.39, 0.29) is 12.1 Å². The highest BCUT2D eigenvalue weighted by atomic mass is 32.1. The van der Waals surface area contributed by atoms with Gasteiger partial charge in [0, 0.05) is 24.4 Å². The van der Waals surface area contributed by atoms with Crippen molar-refractivity contribution in [2.24, 2.45) is 0 Å². The van der Waals surface area contributed by atoms with Crippen LogP contribution in [0.25, 0.3) is 0 Å². The molecule has 0 spiro atoms. The molecule has 0 bridgehead atoms. The number of likely N-dealkylation sites (tertiary alicyclic amines) is 1. The van der Waals surface area contributed by atoms with Crippen molar-refractivity contribution in [3.8, 4) is 0 Å². The van der Waals surface area contributed by atoms with Crippen molar-refractivity contribution in [2.45, 2.75) is 58.0 Å². The molecule has 0 aliphatic carbocycles. The van der Waals surface area contributed by atoms with Crippen molar-refractivity contribution in [2.75, 3.05) is 11.9 Å². The average molecular weight is 345 g/mol. The van der Waals surface area contributed by atoms with Crippen LogP contribution in [0, 0.1) is 6.92 Å². The summed E-state index contributed by atoms with van der Waals surface area (Å²) >= 11 is 1.61. The van der Waals surface area contributed by atoms with Gasteiger partial charge in [-0.05, 0) is 51.2 Å². The zero-order chi connectivity index (χ0) is 16.5. The van der Waals surface area contributed by atoms with Gasteiger partial charge < -0.3 is 9.47 Å². The molecule has 4 heterocycles. The molecule has 7 heteroatoms. The summed E-state index contributed by atoms with van der Waals surface area (Å²) in [6.45, 7) is 3.81. The molecule has 1 N–H and O–H groups in total. The summed E-state index contributed by atoms with van der Waals surface area (Å²) in [6, 6.07) is 4.02. The monoisotopic (exact) mass is 345 g/mol. The molecule has 2 aliphatic heterocycles. The Morgan fingerprint density at radius 2 is 2.08 bits per heavy atom. The van der Waals surface area contributed by atoms with Gasteiger partial charge in [0.2, 0.25) is 0 Å². The van der Waals surface area contributed by atoms with Gasteiger partial charge in [-0.2, -0.15) is 0 Å². The molecule has 4 rings (SSSR count). The maximum Gasteiger partial charge on any atom is 0.323 e. The lowest BCUT2D eigenvalue weighted by Gasteiger charge is -2.35. The van der Waals surface area contributed by atoms with Crippen molar-refractivity contribution < 1.29 is 4.79 Å². The fourth-order valence-electron chi connectivity index (χ4n) is 3.70. The number of aromatic nitrogens is 3. The first-order chi connectivity index (χ1) is 11.7. The Hall–Kier alpha value is -1.89. The van der Waals surface area contributed by atoms with Crippen LogP contribution in [-0.4, -0.2) is 32.2 Å². The Kier molecular flexibility index (Phi) is 4.26. The number of nitrogens with one attached hydrogen (secondary N) is 1. The molecular formula is C17H23N5OS. The van der Waals surface area contributed by atoms with E-state index in [1.165, 1.54) is 17.7 Å². The van der Waals surface area contributed by atoms with Crippen molar-refractivity contribution in [1.82, 2.24) is 19.7 Å². The predicted molar refractivity (Wildman–Crippen MR) is 94.3 cm³/mol. The second-order valence-corrected chi connectivity index (χ2v) is 7.92. The standard InChI is InChI=1S/C17H23N5OS/c1-12-8-9-15(24-12)18-17(23)21-10-4-2-6-13(21)16-20-19-14-7-3-5-11-22(14)16/h8-9,13H,2-7,10-11H2,1H3,(H,18,23). The Morgan fingerprint density at radius 3 is 2.92 bits per heavy atom. The summed E-state index contributed by atoms with van der Waals surface area (Å²) < 4.78 is 2.25. The summed E-state index contributed by atoms with van der Waals surface area (Å²) in [5.74, 6) is 2.05. The molecule has 0 saturated carbocycles. The fraction of sp³-hybridized carbons (Fsp3) is 0.588. The van der Waals surface area contributed by atoms with E-state index >= 15 is 0 Å². The number of hydrogen-bond acceptors (Lipinski definition) is 4. The van der Waals surface area contributed by atoms with Crippen LogP contribution in [0.3, 0.4) is 0 Å². The summed E-state index contributed by atoms with van der Waals surface area (Å²) in [4.78, 5) is 16.0. The maximum absolute atomic E-state index is 12.8. The van der Waals surface area contributed by atoms with Crippen molar-refractivity contribution in [1.29, 1.82) is 0 Å². The van der Waals surface area contributed by atoms with Gasteiger partial charge in [-0.3, -0.25) is 5.32 Å². The average Bonchev–Trinajstić information content (AvgIpc) is 3.21. The van der Waals surface area contributed by atoms with Gasteiger partial charge in [0.05, 0.1) is 11.0 Å². The number of carbonyl (C=O) groups is 1. The van der Waals surface area contributed by atoms with Gasteiger partial charge in [0.25, 0.3) is 0 Å². The second-order valence-electron chi connectivity index (χ2n) is 6.63. The number of amides is 2. The normalized spacial score (nSPS) is 20.7. The SMILES string of the molecule is Cc1ccc(NC(=O)N2CCCCC2c2nnc3n2CCCC3)s1. The molecule has 24 heavy (non-hydrogen) atoms. The molecule has 2 aromatic rings. The van der Waals surface area contributed by atoms with Crippen molar-refractivity contribution in [3.63, 3.8) is 0 Å². The molecule has 2 aromatic heterocycles. The molecule has 2 amide bonds. The Labute approximate surface area is 145 Å². The second kappa shape index (κ2) is 6.55. The number of urea groups is 1. The number of carbonyl (C=O) groups excluding carboxylic acids is 1. The first-order valence-electron chi connectivity index (χ1n) is 8.78. The van der Waals surface area contributed by atoms with E-state index in [2.05, 4.69) is 20.1 Å². The molecule has 2 aliphatic rings. The third-order valence-corrected chi connectivity index (χ3v) is 5.84. The third kappa shape index (κ3) is 2.92. The summed E-state index contributed by atoms with van der Waals surface area (Å²) in [7, 11) is 0. The van der Waals surface area contributed by atoms with E-state index in [0.29, 0.717) is 0 Å². The maximum atomic E-state index is 12.8. The van der Waals surface area contributed by atoms with Gasteiger partial charge in [0.1, 0.15) is 5.82 Å². The Morgan fingerprint density at radius 1 is 1.21 bits per heavy atom. The zero-order valence-electron chi connectivity index (χ0n) is 14.0. The predicted octanol–water partition coefficient (Wildman–Crippen LogP) is 3.74. The van der Waals surface area contributed by atoms with Gasteiger partial charge in [-0.1, -0.05) is 0 Å². The fourth-order valence-corrected chi connectivity index (χ4v) is 4.46. The number of rotatable bonds is 2. The van der Waals surface area contributed by atoms with Gasteiger partial charge in [-0.15, -0.1) is 21.5 Å². The largest absolute Gasteiger partial charge is 0.323 e. The van der Waals surface area contributed by atoms with E-state index in [0.717, 1.165) is 55.4 Å². The van der Waals surface area contributed by atoms with Crippen LogP contribution in [0.15, 0.2) is 12.1 Å². The molecule has 1 unspecified atom stereocenters. The van der Waals surface area contributed by atoms with Crippen molar-refractivity contribution in [3.05, 3.63) is 28.7 Å². The summed E-state index contributed by atoms with van der Waals surface area (Å²) in [5.41, 5.74) is 0. The van der Waals surface area contributed by atoms with Crippen LogP contribution in [0.4, 0.5) is 9.80 Å². The first kappa shape index (κ1) is 15.6. The van der Waals surface area contributed by atoms with Crippen LogP contribution in [-0.2, 0) is 13.0 Å². The van der Waals surface area contributed by atoms with Crippen LogP contribution in [0.2, 0.25) is 0 Å². The van der Waals surface area contributed by atoms with E-state index in [4.69, 9.17) is 0 Å². The lowest BCUT2D eigenvalue weighted by atomic mass is 10.0. The minimum Gasteiger partial charge on any atom is -0.314 e. The highest BCUT2D eigenvalue weighted by Crippen LogP contribution is 2.32. The summed E-state index contributed by atoms with van der Waals surface area (Å²) in [6.07, 6.45) is 6.51. The van der Waals surface area contributed by atoms with Crippen LogP contribution >= 0.6 is 11.3 Å². The lowest BCUT2D eigenvalue weighted by Crippen LogP contribution is -2.42. The quantitative estimate of drug-likeness (QED) is 0.902. The van der Waals surface area contributed by atoms with E-state index in [9.17, 15) is 4.79 Å². The number of anilines is 1. The van der Waals surface area contributed by atoms with E-state index < -0.39 is 0 Å². The number of aryl methyl sites for hydroxylation is 2. The first-order valence-corrected chi connectivity index (χ1v) is 9.60. The number of thiophene rings is 1. The topological polar surface area (TPSA) is 63.1 Å². The van der Waals surface area contributed by atoms with Crippen LogP contribution < -0.4 is 5.32 Å². The van der Waals surface area contributed by atoms with Gasteiger partial charge in [-0.25, -0.2) is 4.79 Å². The van der Waals surface area contributed by atoms with E-state index in [1.54, 1.807) is 11.3 Å². The van der Waals surface area contributed by atoms with Gasteiger partial charge >= 0.3 is 6.03 Å². The Balaban J connectivity index is 1.56. The molecule has 1 fully saturated rings. The highest BCUT2D eigenvalue weighted by Gasteiger charge is 2.33. The number of fused-ring (bicyclic) bond motifs is 1. The lowest BCUT2D eigenvalue weighted by molar-refractivity contribution is 0.156. The third-order valence-electron chi connectivity index (χ3n) is 4.92. The number of hydrogen-bond donors (Lipinski definition) is 1. The Bertz CT molecular complexity index is 737. The zero-order valence-corrected chi connectivity index (χ0v) is 14.8. The molecule has 0 aromatic carbocycles. The van der Waals surface area contributed by atoms with Crippen LogP contribution in [0.5, 0.6) is 0 Å². The molecule has 128 valence electrons. The molecule has 0 radical (unpaired) electrons. The number of piperidine rings is 1. The van der Waals surface area contributed by atoms with Crippen molar-refractivity contribution >= 4 is 22.4 Å². The molecule has 1 atom stereocenters. The molecular weight excluding hydrogens is 322 g/mol. The smallest absolute Gasteiger partial charge is 0.314 e. The van der Waals surface area contributed by atoms with E-state index in [1.807, 2.05) is 24.0 Å². The summed E-state index contributed by atoms with van der Waals surface area (Å²) in [5, 5.41) is 12.8. The minimum atomic E-state index is -0.0188. The number of nitrogens with zero attached hydrogens (tertiary/aromatic N) is 4.